The fourth-order valence-electron chi connectivity index (χ4n) is 1.70. The molecule has 0 amide bonds. The predicted octanol–water partition coefficient (Wildman–Crippen LogP) is 1.46. The summed E-state index contributed by atoms with van der Waals surface area (Å²) in [4.78, 5) is 14.4. The minimum Gasteiger partial charge on any atom is -0.478 e. The Morgan fingerprint density at radius 3 is 2.55 bits per heavy atom. The molecular formula is C11H12F3N3O3. The molecule has 2 heterocycles. The van der Waals surface area contributed by atoms with Gasteiger partial charge in [-0.05, 0) is 12.1 Å². The highest BCUT2D eigenvalue weighted by molar-refractivity contribution is 5.93. The second-order valence-corrected chi connectivity index (χ2v) is 4.11. The number of rotatable bonds is 3. The van der Waals surface area contributed by atoms with Gasteiger partial charge in [-0.2, -0.15) is 13.2 Å². The van der Waals surface area contributed by atoms with Crippen LogP contribution in [0.2, 0.25) is 0 Å². The third kappa shape index (κ3) is 3.36. The van der Waals surface area contributed by atoms with Crippen LogP contribution in [-0.4, -0.2) is 47.4 Å². The largest absolute Gasteiger partial charge is 0.478 e. The van der Waals surface area contributed by atoms with E-state index in [0.29, 0.717) is 32.4 Å². The van der Waals surface area contributed by atoms with E-state index in [1.165, 1.54) is 0 Å². The molecule has 0 spiro atoms. The molecule has 0 radical (unpaired) electrons. The molecule has 0 bridgehead atoms. The summed E-state index contributed by atoms with van der Waals surface area (Å²) in [6, 6.07) is 1.54. The van der Waals surface area contributed by atoms with Crippen molar-refractivity contribution in [2.75, 3.05) is 31.7 Å². The van der Waals surface area contributed by atoms with E-state index in [1.807, 2.05) is 0 Å². The lowest BCUT2D eigenvalue weighted by Gasteiger charge is -2.28. The summed E-state index contributed by atoms with van der Waals surface area (Å²) in [6.07, 6.45) is -4.63. The third-order valence-corrected chi connectivity index (χ3v) is 2.69. The normalized spacial score (nSPS) is 16.9. The predicted molar refractivity (Wildman–Crippen MR) is 62.2 cm³/mol. The van der Waals surface area contributed by atoms with E-state index < -0.39 is 17.8 Å². The SMILES string of the molecule is O=C(O)c1ccc(C(F)(F)F)nc1NN1CCOCC1. The van der Waals surface area contributed by atoms with Gasteiger partial charge in [0.1, 0.15) is 11.3 Å². The highest BCUT2D eigenvalue weighted by atomic mass is 19.4. The Morgan fingerprint density at radius 2 is 2.00 bits per heavy atom. The molecule has 2 rings (SSSR count). The molecule has 1 saturated heterocycles. The van der Waals surface area contributed by atoms with Crippen LogP contribution in [0.4, 0.5) is 19.0 Å². The van der Waals surface area contributed by atoms with E-state index in [4.69, 9.17) is 9.84 Å². The molecule has 1 aromatic rings. The maximum absolute atomic E-state index is 12.6. The molecule has 1 aromatic heterocycles. The summed E-state index contributed by atoms with van der Waals surface area (Å²) < 4.78 is 42.9. The Morgan fingerprint density at radius 1 is 1.35 bits per heavy atom. The number of hydrogen-bond donors (Lipinski definition) is 2. The number of halogens is 3. The minimum atomic E-state index is -4.63. The summed E-state index contributed by atoms with van der Waals surface area (Å²) >= 11 is 0. The fraction of sp³-hybridized carbons (Fsp3) is 0.455. The molecule has 0 aromatic carbocycles. The molecule has 1 fully saturated rings. The Balaban J connectivity index is 2.29. The zero-order chi connectivity index (χ0) is 14.8. The number of nitrogens with one attached hydrogen (secondary N) is 1. The van der Waals surface area contributed by atoms with Crippen molar-refractivity contribution in [1.29, 1.82) is 0 Å². The number of aromatic carboxylic acids is 1. The zero-order valence-electron chi connectivity index (χ0n) is 10.3. The number of ether oxygens (including phenoxy) is 1. The minimum absolute atomic E-state index is 0.315. The maximum atomic E-state index is 12.6. The summed E-state index contributed by atoms with van der Waals surface area (Å²) in [5.74, 6) is -1.67. The Kier molecular flexibility index (Phi) is 4.09. The second kappa shape index (κ2) is 5.63. The first kappa shape index (κ1) is 14.5. The van der Waals surface area contributed by atoms with E-state index in [1.54, 1.807) is 5.01 Å². The smallest absolute Gasteiger partial charge is 0.433 e. The van der Waals surface area contributed by atoms with Crippen molar-refractivity contribution < 1.29 is 27.8 Å². The number of anilines is 1. The van der Waals surface area contributed by atoms with Crippen LogP contribution >= 0.6 is 0 Å². The lowest BCUT2D eigenvalue weighted by molar-refractivity contribution is -0.141. The number of aromatic nitrogens is 1. The van der Waals surface area contributed by atoms with Gasteiger partial charge < -0.3 is 15.3 Å². The molecule has 110 valence electrons. The first-order valence-corrected chi connectivity index (χ1v) is 5.79. The Bertz CT molecular complexity index is 501. The molecule has 2 N–H and O–H groups in total. The number of carboxylic acid groups (broad SMARTS) is 1. The molecule has 1 aliphatic rings. The molecule has 0 atom stereocenters. The third-order valence-electron chi connectivity index (χ3n) is 2.69. The molecule has 0 aliphatic carbocycles. The van der Waals surface area contributed by atoms with Gasteiger partial charge in [0.05, 0.1) is 13.2 Å². The van der Waals surface area contributed by atoms with Gasteiger partial charge in [-0.25, -0.2) is 14.8 Å². The highest BCUT2D eigenvalue weighted by Gasteiger charge is 2.33. The van der Waals surface area contributed by atoms with E-state index in [2.05, 4.69) is 10.4 Å². The van der Waals surface area contributed by atoms with Crippen molar-refractivity contribution in [2.24, 2.45) is 0 Å². The van der Waals surface area contributed by atoms with E-state index in [0.717, 1.165) is 6.07 Å². The van der Waals surface area contributed by atoms with Crippen LogP contribution in [0.3, 0.4) is 0 Å². The van der Waals surface area contributed by atoms with Crippen molar-refractivity contribution in [3.63, 3.8) is 0 Å². The van der Waals surface area contributed by atoms with Gasteiger partial charge in [0, 0.05) is 13.1 Å². The fourth-order valence-corrected chi connectivity index (χ4v) is 1.70. The first-order chi connectivity index (χ1) is 9.38. The number of hydrazine groups is 1. The molecular weight excluding hydrogens is 279 g/mol. The second-order valence-electron chi connectivity index (χ2n) is 4.11. The lowest BCUT2D eigenvalue weighted by atomic mass is 10.2. The molecule has 20 heavy (non-hydrogen) atoms. The monoisotopic (exact) mass is 291 g/mol. The topological polar surface area (TPSA) is 74.7 Å². The summed E-state index contributed by atoms with van der Waals surface area (Å²) in [7, 11) is 0. The molecule has 6 nitrogen and oxygen atoms in total. The van der Waals surface area contributed by atoms with E-state index in [9.17, 15) is 18.0 Å². The number of alkyl halides is 3. The van der Waals surface area contributed by atoms with Gasteiger partial charge in [-0.3, -0.25) is 0 Å². The number of pyridine rings is 1. The number of carbonyl (C=O) groups is 1. The molecule has 0 unspecified atom stereocenters. The van der Waals surface area contributed by atoms with E-state index in [-0.39, 0.29) is 11.4 Å². The van der Waals surface area contributed by atoms with Gasteiger partial charge in [-0.15, -0.1) is 0 Å². The first-order valence-electron chi connectivity index (χ1n) is 5.79. The molecule has 0 saturated carbocycles. The van der Waals surface area contributed by atoms with Crippen molar-refractivity contribution >= 4 is 11.8 Å². The van der Waals surface area contributed by atoms with Gasteiger partial charge in [-0.1, -0.05) is 0 Å². The van der Waals surface area contributed by atoms with E-state index >= 15 is 0 Å². The average molecular weight is 291 g/mol. The van der Waals surface area contributed by atoms with Crippen molar-refractivity contribution in [2.45, 2.75) is 6.18 Å². The quantitative estimate of drug-likeness (QED) is 0.878. The lowest BCUT2D eigenvalue weighted by Crippen LogP contribution is -2.41. The number of hydrogen-bond acceptors (Lipinski definition) is 5. The molecule has 1 aliphatic heterocycles. The highest BCUT2D eigenvalue weighted by Crippen LogP contribution is 2.29. The van der Waals surface area contributed by atoms with Crippen LogP contribution in [-0.2, 0) is 10.9 Å². The Labute approximate surface area is 112 Å². The summed E-state index contributed by atoms with van der Waals surface area (Å²) in [5.41, 5.74) is 1.15. The van der Waals surface area contributed by atoms with Crippen LogP contribution in [0.5, 0.6) is 0 Å². The average Bonchev–Trinajstić information content (AvgIpc) is 2.38. The molecule has 9 heteroatoms. The standard InChI is InChI=1S/C11H12F3N3O3/c12-11(13,14)8-2-1-7(10(18)19)9(15-8)16-17-3-5-20-6-4-17/h1-2H,3-6H2,(H,15,16)(H,18,19). The van der Waals surface area contributed by atoms with Crippen LogP contribution in [0.15, 0.2) is 12.1 Å². The van der Waals surface area contributed by atoms with Gasteiger partial charge >= 0.3 is 12.1 Å². The van der Waals surface area contributed by atoms with Crippen molar-refractivity contribution in [3.05, 3.63) is 23.4 Å². The zero-order valence-corrected chi connectivity index (χ0v) is 10.3. The Hall–Kier alpha value is -1.87. The van der Waals surface area contributed by atoms with Crippen LogP contribution < -0.4 is 5.43 Å². The summed E-state index contributed by atoms with van der Waals surface area (Å²) in [6.45, 7) is 1.68. The number of morpholine rings is 1. The van der Waals surface area contributed by atoms with Gasteiger partial charge in [0.25, 0.3) is 0 Å². The van der Waals surface area contributed by atoms with Crippen LogP contribution in [0.25, 0.3) is 0 Å². The maximum Gasteiger partial charge on any atom is 0.433 e. The van der Waals surface area contributed by atoms with Crippen LogP contribution in [0, 0.1) is 0 Å². The van der Waals surface area contributed by atoms with Crippen LogP contribution in [0.1, 0.15) is 16.1 Å². The summed E-state index contributed by atoms with van der Waals surface area (Å²) in [5, 5.41) is 10.6. The van der Waals surface area contributed by atoms with Crippen molar-refractivity contribution in [1.82, 2.24) is 9.99 Å². The number of carboxylic acids is 1. The number of nitrogens with zero attached hydrogens (tertiary/aromatic N) is 2. The van der Waals surface area contributed by atoms with Crippen molar-refractivity contribution in [3.8, 4) is 0 Å². The van der Waals surface area contributed by atoms with Gasteiger partial charge in [0.2, 0.25) is 0 Å². The van der Waals surface area contributed by atoms with Gasteiger partial charge in [0.15, 0.2) is 5.82 Å².